The SMILES string of the molecule is COc1ccc(-n2ccc(C(=O)NCc3ccc(Cn4ccccc4=O)cc3)n2)cc1. The molecule has 0 aliphatic rings. The number of methoxy groups -OCH3 is 1. The smallest absolute Gasteiger partial charge is 0.272 e. The van der Waals surface area contributed by atoms with Crippen molar-refractivity contribution in [3.8, 4) is 11.4 Å². The van der Waals surface area contributed by atoms with Crippen molar-refractivity contribution in [3.63, 3.8) is 0 Å². The number of hydrogen-bond acceptors (Lipinski definition) is 4. The first-order chi connectivity index (χ1) is 15.1. The summed E-state index contributed by atoms with van der Waals surface area (Å²) in [5.74, 6) is 0.517. The second-order valence-corrected chi connectivity index (χ2v) is 7.01. The molecule has 31 heavy (non-hydrogen) atoms. The summed E-state index contributed by atoms with van der Waals surface area (Å²) in [6.45, 7) is 0.898. The highest BCUT2D eigenvalue weighted by Crippen LogP contribution is 2.14. The minimum atomic E-state index is -0.243. The van der Waals surface area contributed by atoms with Crippen LogP contribution in [0.15, 0.2) is 90.0 Å². The van der Waals surface area contributed by atoms with Crippen molar-refractivity contribution in [2.45, 2.75) is 13.1 Å². The summed E-state index contributed by atoms with van der Waals surface area (Å²) >= 11 is 0. The molecule has 2 aromatic heterocycles. The van der Waals surface area contributed by atoms with Crippen molar-refractivity contribution < 1.29 is 9.53 Å². The third-order valence-electron chi connectivity index (χ3n) is 4.89. The molecule has 0 saturated carbocycles. The summed E-state index contributed by atoms with van der Waals surface area (Å²) in [5.41, 5.74) is 3.13. The standard InChI is InChI=1S/C24H22N4O3/c1-31-21-11-9-20(10-12-21)28-15-13-22(26-28)24(30)25-16-18-5-7-19(8-6-18)17-27-14-3-2-4-23(27)29/h2-15H,16-17H2,1H3,(H,25,30). The number of nitrogens with zero attached hydrogens (tertiary/aromatic N) is 3. The van der Waals surface area contributed by atoms with E-state index in [0.717, 1.165) is 22.6 Å². The predicted molar refractivity (Wildman–Crippen MR) is 118 cm³/mol. The number of carbonyl (C=O) groups is 1. The second kappa shape index (κ2) is 9.13. The van der Waals surface area contributed by atoms with Gasteiger partial charge in [0.15, 0.2) is 5.69 Å². The Morgan fingerprint density at radius 3 is 2.39 bits per heavy atom. The first-order valence-electron chi connectivity index (χ1n) is 9.84. The van der Waals surface area contributed by atoms with Gasteiger partial charge in [0, 0.05) is 25.0 Å². The van der Waals surface area contributed by atoms with E-state index in [2.05, 4.69) is 10.4 Å². The van der Waals surface area contributed by atoms with Crippen LogP contribution in [0.5, 0.6) is 5.75 Å². The van der Waals surface area contributed by atoms with E-state index >= 15 is 0 Å². The van der Waals surface area contributed by atoms with Crippen LogP contribution in [0.3, 0.4) is 0 Å². The van der Waals surface area contributed by atoms with E-state index in [4.69, 9.17) is 4.74 Å². The molecule has 0 aliphatic carbocycles. The molecule has 0 fully saturated rings. The number of hydrogen-bond donors (Lipinski definition) is 1. The summed E-state index contributed by atoms with van der Waals surface area (Å²) in [7, 11) is 1.61. The normalized spacial score (nSPS) is 10.6. The van der Waals surface area contributed by atoms with Gasteiger partial charge in [-0.3, -0.25) is 9.59 Å². The lowest BCUT2D eigenvalue weighted by Crippen LogP contribution is -2.23. The molecule has 0 spiro atoms. The van der Waals surface area contributed by atoms with E-state index in [1.807, 2.05) is 54.6 Å². The zero-order valence-corrected chi connectivity index (χ0v) is 17.1. The van der Waals surface area contributed by atoms with Crippen LogP contribution in [0.1, 0.15) is 21.6 Å². The van der Waals surface area contributed by atoms with Crippen molar-refractivity contribution in [2.75, 3.05) is 7.11 Å². The van der Waals surface area contributed by atoms with Gasteiger partial charge in [-0.25, -0.2) is 4.68 Å². The Morgan fingerprint density at radius 1 is 0.935 bits per heavy atom. The van der Waals surface area contributed by atoms with Crippen LogP contribution in [-0.4, -0.2) is 27.4 Å². The molecule has 0 radical (unpaired) electrons. The lowest BCUT2D eigenvalue weighted by atomic mass is 10.1. The molecule has 0 unspecified atom stereocenters. The van der Waals surface area contributed by atoms with Gasteiger partial charge in [-0.1, -0.05) is 30.3 Å². The maximum atomic E-state index is 12.5. The van der Waals surface area contributed by atoms with E-state index in [-0.39, 0.29) is 11.5 Å². The van der Waals surface area contributed by atoms with Crippen molar-refractivity contribution in [3.05, 3.63) is 112 Å². The van der Waals surface area contributed by atoms with Gasteiger partial charge in [-0.2, -0.15) is 5.10 Å². The number of ether oxygens (including phenoxy) is 1. The highest BCUT2D eigenvalue weighted by molar-refractivity contribution is 5.92. The van der Waals surface area contributed by atoms with E-state index in [1.54, 1.807) is 47.0 Å². The van der Waals surface area contributed by atoms with Crippen LogP contribution in [0.2, 0.25) is 0 Å². The first kappa shape index (κ1) is 20.2. The number of nitrogens with one attached hydrogen (secondary N) is 1. The summed E-state index contributed by atoms with van der Waals surface area (Å²) < 4.78 is 8.45. The molecule has 156 valence electrons. The van der Waals surface area contributed by atoms with E-state index in [9.17, 15) is 9.59 Å². The largest absolute Gasteiger partial charge is 0.497 e. The Kier molecular flexibility index (Phi) is 5.93. The lowest BCUT2D eigenvalue weighted by Gasteiger charge is -2.07. The highest BCUT2D eigenvalue weighted by Gasteiger charge is 2.10. The number of benzene rings is 2. The summed E-state index contributed by atoms with van der Waals surface area (Å²) in [6, 6.07) is 22.0. The first-order valence-corrected chi connectivity index (χ1v) is 9.84. The van der Waals surface area contributed by atoms with Gasteiger partial charge < -0.3 is 14.6 Å². The van der Waals surface area contributed by atoms with Gasteiger partial charge in [0.05, 0.1) is 19.3 Å². The number of aromatic nitrogens is 3. The molecule has 7 nitrogen and oxygen atoms in total. The maximum absolute atomic E-state index is 12.5. The Hall–Kier alpha value is -4.13. The molecule has 4 rings (SSSR count). The lowest BCUT2D eigenvalue weighted by molar-refractivity contribution is 0.0945. The van der Waals surface area contributed by atoms with Gasteiger partial charge >= 0.3 is 0 Å². The topological polar surface area (TPSA) is 78.1 Å². The number of rotatable bonds is 7. The molecular weight excluding hydrogens is 392 g/mol. The van der Waals surface area contributed by atoms with Crippen molar-refractivity contribution in [1.82, 2.24) is 19.7 Å². The monoisotopic (exact) mass is 414 g/mol. The van der Waals surface area contributed by atoms with Crippen molar-refractivity contribution in [2.24, 2.45) is 0 Å². The van der Waals surface area contributed by atoms with Crippen LogP contribution in [0.4, 0.5) is 0 Å². The molecule has 2 heterocycles. The molecule has 0 bridgehead atoms. The molecule has 1 N–H and O–H groups in total. The quantitative estimate of drug-likeness (QED) is 0.504. The maximum Gasteiger partial charge on any atom is 0.272 e. The molecule has 4 aromatic rings. The number of amides is 1. The van der Waals surface area contributed by atoms with Gasteiger partial charge in [-0.15, -0.1) is 0 Å². The summed E-state index contributed by atoms with van der Waals surface area (Å²) in [5, 5.41) is 7.24. The third-order valence-corrected chi connectivity index (χ3v) is 4.89. The molecular formula is C24H22N4O3. The van der Waals surface area contributed by atoms with E-state index < -0.39 is 0 Å². The molecule has 0 atom stereocenters. The molecule has 1 amide bonds. The van der Waals surface area contributed by atoms with Crippen LogP contribution >= 0.6 is 0 Å². The minimum Gasteiger partial charge on any atom is -0.497 e. The van der Waals surface area contributed by atoms with Gasteiger partial charge in [0.1, 0.15) is 5.75 Å². The molecule has 0 saturated heterocycles. The van der Waals surface area contributed by atoms with Crippen LogP contribution in [0.25, 0.3) is 5.69 Å². The summed E-state index contributed by atoms with van der Waals surface area (Å²) in [6.07, 6.45) is 3.51. The van der Waals surface area contributed by atoms with Crippen molar-refractivity contribution >= 4 is 5.91 Å². The van der Waals surface area contributed by atoms with Gasteiger partial charge in [-0.05, 0) is 47.5 Å². The average molecular weight is 414 g/mol. The Bertz CT molecular complexity index is 1220. The van der Waals surface area contributed by atoms with Crippen LogP contribution < -0.4 is 15.6 Å². The zero-order valence-electron chi connectivity index (χ0n) is 17.1. The van der Waals surface area contributed by atoms with E-state index in [1.165, 1.54) is 0 Å². The van der Waals surface area contributed by atoms with Gasteiger partial charge in [0.25, 0.3) is 11.5 Å². The fraction of sp³-hybridized carbons (Fsp3) is 0.125. The zero-order chi connectivity index (χ0) is 21.6. The summed E-state index contributed by atoms with van der Waals surface area (Å²) in [4.78, 5) is 24.3. The fourth-order valence-corrected chi connectivity index (χ4v) is 3.15. The fourth-order valence-electron chi connectivity index (χ4n) is 3.15. The van der Waals surface area contributed by atoms with Crippen LogP contribution in [0, 0.1) is 0 Å². The third kappa shape index (κ3) is 4.90. The Balaban J connectivity index is 1.35. The van der Waals surface area contributed by atoms with Gasteiger partial charge in [0.2, 0.25) is 0 Å². The second-order valence-electron chi connectivity index (χ2n) is 7.01. The van der Waals surface area contributed by atoms with E-state index in [0.29, 0.717) is 18.8 Å². The highest BCUT2D eigenvalue weighted by atomic mass is 16.5. The molecule has 7 heteroatoms. The minimum absolute atomic E-state index is 0.0343. The Labute approximate surface area is 179 Å². The number of pyridine rings is 1. The predicted octanol–water partition coefficient (Wildman–Crippen LogP) is 3.02. The molecule has 2 aromatic carbocycles. The Morgan fingerprint density at radius 2 is 1.68 bits per heavy atom. The molecule has 0 aliphatic heterocycles. The number of carbonyl (C=O) groups excluding carboxylic acids is 1. The average Bonchev–Trinajstić information content (AvgIpc) is 3.30. The van der Waals surface area contributed by atoms with Crippen LogP contribution in [-0.2, 0) is 13.1 Å². The van der Waals surface area contributed by atoms with Crippen molar-refractivity contribution in [1.29, 1.82) is 0 Å².